The molecule has 0 aromatic heterocycles. The summed E-state index contributed by atoms with van der Waals surface area (Å²) in [6.07, 6.45) is 3.96. The van der Waals surface area contributed by atoms with E-state index >= 15 is 0 Å². The Kier molecular flexibility index (Phi) is 1.10. The molecule has 1 saturated carbocycles. The van der Waals surface area contributed by atoms with E-state index in [1.54, 1.807) is 0 Å². The molecular weight excluding hydrogens is 112 g/mol. The first kappa shape index (κ1) is 5.72. The van der Waals surface area contributed by atoms with E-state index in [1.807, 2.05) is 0 Å². The molecule has 1 nitrogen and oxygen atoms in total. The number of rotatable bonds is 1. The molecule has 0 aromatic rings. The van der Waals surface area contributed by atoms with Crippen molar-refractivity contribution in [1.29, 1.82) is 0 Å². The Balaban J connectivity index is 2.00. The molecule has 3 fully saturated rings. The molecule has 3 aliphatic rings. The molecule has 9 heavy (non-hydrogen) atoms. The van der Waals surface area contributed by atoms with Gasteiger partial charge in [-0.15, -0.1) is 0 Å². The number of hydrogen-bond acceptors (Lipinski definition) is 1. The second-order valence-corrected chi connectivity index (χ2v) is 3.70. The molecule has 1 unspecified atom stereocenters. The molecule has 52 valence electrons. The monoisotopic (exact) mass is 126 g/mol. The molecule has 3 rings (SSSR count). The van der Waals surface area contributed by atoms with Gasteiger partial charge in [0.05, 0.1) is 12.2 Å². The van der Waals surface area contributed by atoms with Crippen molar-refractivity contribution in [2.45, 2.75) is 38.9 Å². The van der Waals surface area contributed by atoms with Crippen LogP contribution in [0, 0.1) is 11.8 Å². The van der Waals surface area contributed by atoms with E-state index in [-0.39, 0.29) is 0 Å². The second kappa shape index (κ2) is 1.72. The van der Waals surface area contributed by atoms with Crippen molar-refractivity contribution in [3.63, 3.8) is 0 Å². The fourth-order valence-electron chi connectivity index (χ4n) is 2.02. The maximum Gasteiger partial charge on any atom is 0.0631 e. The van der Waals surface area contributed by atoms with E-state index < -0.39 is 0 Å². The van der Waals surface area contributed by atoms with E-state index in [0.717, 1.165) is 11.8 Å². The molecule has 0 N–H and O–H groups in total. The van der Waals surface area contributed by atoms with Crippen LogP contribution in [-0.4, -0.2) is 12.2 Å². The summed E-state index contributed by atoms with van der Waals surface area (Å²) in [4.78, 5) is 0. The van der Waals surface area contributed by atoms with Crippen LogP contribution in [0.1, 0.15) is 26.7 Å². The first-order valence-corrected chi connectivity index (χ1v) is 3.93. The van der Waals surface area contributed by atoms with E-state index in [0.29, 0.717) is 12.2 Å². The summed E-state index contributed by atoms with van der Waals surface area (Å²) in [7, 11) is 0. The van der Waals surface area contributed by atoms with Gasteiger partial charge >= 0.3 is 0 Å². The zero-order chi connectivity index (χ0) is 6.43. The smallest absolute Gasteiger partial charge is 0.0631 e. The van der Waals surface area contributed by atoms with Gasteiger partial charge in [-0.1, -0.05) is 13.8 Å². The van der Waals surface area contributed by atoms with E-state index in [9.17, 15) is 0 Å². The van der Waals surface area contributed by atoms with Gasteiger partial charge < -0.3 is 4.74 Å². The number of ether oxygens (including phenoxy) is 1. The Labute approximate surface area is 56.4 Å². The summed E-state index contributed by atoms with van der Waals surface area (Å²) in [5.74, 6) is 1.66. The minimum atomic E-state index is 0.606. The van der Waals surface area contributed by atoms with Gasteiger partial charge in [0.15, 0.2) is 0 Å². The summed E-state index contributed by atoms with van der Waals surface area (Å²) in [6.45, 7) is 4.51. The van der Waals surface area contributed by atoms with Crippen molar-refractivity contribution in [2.24, 2.45) is 11.8 Å². The first-order valence-electron chi connectivity index (χ1n) is 3.93. The highest BCUT2D eigenvalue weighted by Gasteiger charge is 2.46. The molecule has 0 spiro atoms. The van der Waals surface area contributed by atoms with Gasteiger partial charge in [-0.3, -0.25) is 0 Å². The third-order valence-electron chi connectivity index (χ3n) is 2.60. The summed E-state index contributed by atoms with van der Waals surface area (Å²) in [6, 6.07) is 0. The van der Waals surface area contributed by atoms with E-state index in [2.05, 4.69) is 13.8 Å². The lowest BCUT2D eigenvalue weighted by Gasteiger charge is -2.21. The quantitative estimate of drug-likeness (QED) is 0.520. The summed E-state index contributed by atoms with van der Waals surface area (Å²) in [5.41, 5.74) is 0. The molecule has 2 bridgehead atoms. The molecule has 2 heterocycles. The van der Waals surface area contributed by atoms with Gasteiger partial charge in [-0.25, -0.2) is 0 Å². The highest BCUT2D eigenvalue weighted by atomic mass is 16.5. The Hall–Kier alpha value is -0.0400. The van der Waals surface area contributed by atoms with Gasteiger partial charge in [0.2, 0.25) is 0 Å². The van der Waals surface area contributed by atoms with Crippen LogP contribution >= 0.6 is 0 Å². The molecule has 2 saturated heterocycles. The highest BCUT2D eigenvalue weighted by Crippen LogP contribution is 2.45. The Morgan fingerprint density at radius 3 is 2.22 bits per heavy atom. The first-order chi connectivity index (χ1) is 4.27. The summed E-state index contributed by atoms with van der Waals surface area (Å²) in [5, 5.41) is 0. The fraction of sp³-hybridized carbons (Fsp3) is 1.00. The van der Waals surface area contributed by atoms with Gasteiger partial charge in [0.1, 0.15) is 0 Å². The van der Waals surface area contributed by atoms with Gasteiger partial charge in [-0.05, 0) is 24.7 Å². The van der Waals surface area contributed by atoms with E-state index in [4.69, 9.17) is 4.74 Å². The number of hydrogen-bond donors (Lipinski definition) is 0. The normalized spacial score (nSPS) is 47.7. The van der Waals surface area contributed by atoms with Crippen LogP contribution in [0.3, 0.4) is 0 Å². The standard InChI is InChI=1S/C8H14O/c1-5(2)8-6-3-7(4-6)9-8/h5-8H,3-4H2,1-2H3. The molecular formula is C8H14O. The Bertz CT molecular complexity index is 114. The molecule has 0 radical (unpaired) electrons. The largest absolute Gasteiger partial charge is 0.374 e. The minimum Gasteiger partial charge on any atom is -0.374 e. The molecule has 2 aliphatic heterocycles. The molecule has 0 amide bonds. The number of fused-ring (bicyclic) bond motifs is 1. The van der Waals surface area contributed by atoms with Crippen LogP contribution < -0.4 is 0 Å². The Morgan fingerprint density at radius 1 is 1.33 bits per heavy atom. The lowest BCUT2D eigenvalue weighted by atomic mass is 9.80. The lowest BCUT2D eigenvalue weighted by molar-refractivity contribution is 0.0541. The zero-order valence-corrected chi connectivity index (χ0v) is 6.13. The second-order valence-electron chi connectivity index (χ2n) is 3.70. The van der Waals surface area contributed by atoms with Crippen LogP contribution in [0.2, 0.25) is 0 Å². The van der Waals surface area contributed by atoms with Crippen LogP contribution in [0.15, 0.2) is 0 Å². The third kappa shape index (κ3) is 0.710. The zero-order valence-electron chi connectivity index (χ0n) is 6.13. The van der Waals surface area contributed by atoms with Gasteiger partial charge in [0.25, 0.3) is 0 Å². The summed E-state index contributed by atoms with van der Waals surface area (Å²) < 4.78 is 5.70. The maximum atomic E-state index is 5.70. The van der Waals surface area contributed by atoms with Crippen LogP contribution in [0.5, 0.6) is 0 Å². The minimum absolute atomic E-state index is 0.606. The van der Waals surface area contributed by atoms with Crippen LogP contribution in [0.4, 0.5) is 0 Å². The van der Waals surface area contributed by atoms with Crippen molar-refractivity contribution in [1.82, 2.24) is 0 Å². The predicted molar refractivity (Wildman–Crippen MR) is 36.2 cm³/mol. The average molecular weight is 126 g/mol. The van der Waals surface area contributed by atoms with Gasteiger partial charge in [-0.2, -0.15) is 0 Å². The van der Waals surface area contributed by atoms with E-state index in [1.165, 1.54) is 12.8 Å². The van der Waals surface area contributed by atoms with Crippen molar-refractivity contribution < 1.29 is 4.74 Å². The highest BCUT2D eigenvalue weighted by molar-refractivity contribution is 4.94. The Morgan fingerprint density at radius 2 is 2.00 bits per heavy atom. The fourth-order valence-corrected chi connectivity index (χ4v) is 2.02. The molecule has 1 aliphatic carbocycles. The van der Waals surface area contributed by atoms with Crippen LogP contribution in [-0.2, 0) is 4.74 Å². The summed E-state index contributed by atoms with van der Waals surface area (Å²) >= 11 is 0. The average Bonchev–Trinajstić information content (AvgIpc) is 2.12. The van der Waals surface area contributed by atoms with Crippen LogP contribution in [0.25, 0.3) is 0 Å². The van der Waals surface area contributed by atoms with Crippen molar-refractivity contribution in [2.75, 3.05) is 0 Å². The lowest BCUT2D eigenvalue weighted by Crippen LogP contribution is -2.22. The third-order valence-corrected chi connectivity index (χ3v) is 2.60. The van der Waals surface area contributed by atoms with Gasteiger partial charge in [0, 0.05) is 0 Å². The topological polar surface area (TPSA) is 9.23 Å². The SMILES string of the molecule is CC(C)C1OC2CC1C2. The van der Waals surface area contributed by atoms with Crippen molar-refractivity contribution in [3.05, 3.63) is 0 Å². The molecule has 1 atom stereocenters. The van der Waals surface area contributed by atoms with Crippen molar-refractivity contribution in [3.8, 4) is 0 Å². The molecule has 1 heteroatoms. The predicted octanol–water partition coefficient (Wildman–Crippen LogP) is 1.82. The maximum absolute atomic E-state index is 5.70. The molecule has 0 aromatic carbocycles. The van der Waals surface area contributed by atoms with Crippen molar-refractivity contribution >= 4 is 0 Å².